The number of piperidine rings is 1. The molecular formula is C14H29N3O. The molecule has 4 nitrogen and oxygen atoms in total. The molecule has 0 aromatic heterocycles. The molecule has 0 aromatic rings. The Labute approximate surface area is 112 Å². The van der Waals surface area contributed by atoms with E-state index in [1.807, 2.05) is 0 Å². The van der Waals surface area contributed by atoms with Crippen LogP contribution in [0, 0.1) is 11.8 Å². The molecule has 0 bridgehead atoms. The zero-order valence-corrected chi connectivity index (χ0v) is 12.2. The molecule has 2 heterocycles. The molecule has 2 aliphatic heterocycles. The minimum atomic E-state index is 0.560. The molecule has 2 unspecified atom stereocenters. The third-order valence-electron chi connectivity index (χ3n) is 4.39. The highest BCUT2D eigenvalue weighted by atomic mass is 16.5. The lowest BCUT2D eigenvalue weighted by Crippen LogP contribution is -2.44. The first-order valence-corrected chi connectivity index (χ1v) is 7.31. The molecule has 0 amide bonds. The second-order valence-electron chi connectivity index (χ2n) is 6.20. The van der Waals surface area contributed by atoms with Crippen LogP contribution < -0.4 is 5.32 Å². The fourth-order valence-corrected chi connectivity index (χ4v) is 3.30. The lowest BCUT2D eigenvalue weighted by molar-refractivity contribution is 0.130. The topological polar surface area (TPSA) is 27.7 Å². The highest BCUT2D eigenvalue weighted by Gasteiger charge is 2.30. The van der Waals surface area contributed by atoms with Gasteiger partial charge in [0.25, 0.3) is 0 Å². The largest absolute Gasteiger partial charge is 0.379 e. The van der Waals surface area contributed by atoms with Crippen molar-refractivity contribution < 1.29 is 4.74 Å². The zero-order valence-electron chi connectivity index (χ0n) is 12.2. The van der Waals surface area contributed by atoms with Gasteiger partial charge in [0.1, 0.15) is 0 Å². The summed E-state index contributed by atoms with van der Waals surface area (Å²) in [6, 6.07) is 0.560. The van der Waals surface area contributed by atoms with Gasteiger partial charge in [0.2, 0.25) is 0 Å². The molecule has 2 rings (SSSR count). The number of likely N-dealkylation sites (N-methyl/N-ethyl adjacent to an activating group) is 1. The summed E-state index contributed by atoms with van der Waals surface area (Å²) in [6.45, 7) is 6.82. The Morgan fingerprint density at radius 3 is 2.56 bits per heavy atom. The highest BCUT2D eigenvalue weighted by Crippen LogP contribution is 2.21. The monoisotopic (exact) mass is 255 g/mol. The van der Waals surface area contributed by atoms with E-state index in [1.54, 1.807) is 0 Å². The van der Waals surface area contributed by atoms with Crippen molar-refractivity contribution >= 4 is 0 Å². The lowest BCUT2D eigenvalue weighted by Gasteiger charge is -2.35. The average Bonchev–Trinajstić information content (AvgIpc) is 2.78. The van der Waals surface area contributed by atoms with Crippen molar-refractivity contribution in [3.05, 3.63) is 0 Å². The summed E-state index contributed by atoms with van der Waals surface area (Å²) in [5, 5.41) is 3.38. The van der Waals surface area contributed by atoms with E-state index < -0.39 is 0 Å². The third-order valence-corrected chi connectivity index (χ3v) is 4.39. The van der Waals surface area contributed by atoms with Crippen molar-refractivity contribution in [3.63, 3.8) is 0 Å². The van der Waals surface area contributed by atoms with Gasteiger partial charge in [0.05, 0.1) is 13.2 Å². The van der Waals surface area contributed by atoms with Crippen LogP contribution in [0.5, 0.6) is 0 Å². The van der Waals surface area contributed by atoms with Gasteiger partial charge in [-0.25, -0.2) is 0 Å². The third kappa shape index (κ3) is 3.92. The van der Waals surface area contributed by atoms with Crippen molar-refractivity contribution in [2.45, 2.75) is 18.9 Å². The molecule has 106 valence electrons. The van der Waals surface area contributed by atoms with Gasteiger partial charge in [-0.3, -0.25) is 0 Å². The molecule has 4 heteroatoms. The van der Waals surface area contributed by atoms with Crippen LogP contribution in [0.3, 0.4) is 0 Å². The van der Waals surface area contributed by atoms with Crippen molar-refractivity contribution in [2.24, 2.45) is 11.8 Å². The van der Waals surface area contributed by atoms with Gasteiger partial charge in [-0.05, 0) is 53.0 Å². The van der Waals surface area contributed by atoms with Gasteiger partial charge in [-0.2, -0.15) is 0 Å². The van der Waals surface area contributed by atoms with Gasteiger partial charge >= 0.3 is 0 Å². The Balaban J connectivity index is 1.70. The molecule has 0 spiro atoms. The second kappa shape index (κ2) is 6.85. The summed E-state index contributed by atoms with van der Waals surface area (Å²) in [4.78, 5) is 4.96. The number of nitrogens with zero attached hydrogens (tertiary/aromatic N) is 2. The first-order chi connectivity index (χ1) is 8.69. The fraction of sp³-hybridized carbons (Fsp3) is 1.00. The van der Waals surface area contributed by atoms with Crippen molar-refractivity contribution in [3.8, 4) is 0 Å². The smallest absolute Gasteiger partial charge is 0.0623 e. The molecule has 0 aliphatic carbocycles. The average molecular weight is 255 g/mol. The summed E-state index contributed by atoms with van der Waals surface area (Å²) in [7, 11) is 6.41. The zero-order chi connectivity index (χ0) is 13.0. The quantitative estimate of drug-likeness (QED) is 0.774. The first kappa shape index (κ1) is 14.3. The van der Waals surface area contributed by atoms with Gasteiger partial charge < -0.3 is 19.9 Å². The maximum Gasteiger partial charge on any atom is 0.0623 e. The van der Waals surface area contributed by atoms with E-state index in [2.05, 4.69) is 36.3 Å². The summed E-state index contributed by atoms with van der Waals surface area (Å²) < 4.78 is 5.58. The van der Waals surface area contributed by atoms with Gasteiger partial charge in [0.15, 0.2) is 0 Å². The molecular weight excluding hydrogens is 226 g/mol. The number of likely N-dealkylation sites (tertiary alicyclic amines) is 1. The summed E-state index contributed by atoms with van der Waals surface area (Å²) >= 11 is 0. The number of hydrogen-bond donors (Lipinski definition) is 1. The van der Waals surface area contributed by atoms with E-state index in [4.69, 9.17) is 4.74 Å². The molecule has 2 saturated heterocycles. The Hall–Kier alpha value is -0.160. The Morgan fingerprint density at radius 1 is 1.22 bits per heavy atom. The normalized spacial score (nSPS) is 31.3. The molecule has 1 N–H and O–H groups in total. The molecule has 2 atom stereocenters. The van der Waals surface area contributed by atoms with Crippen molar-refractivity contribution in [2.75, 3.05) is 60.5 Å². The van der Waals surface area contributed by atoms with E-state index in [-0.39, 0.29) is 0 Å². The van der Waals surface area contributed by atoms with Crippen LogP contribution in [-0.2, 0) is 4.74 Å². The summed E-state index contributed by atoms with van der Waals surface area (Å²) in [6.07, 6.45) is 2.71. The van der Waals surface area contributed by atoms with E-state index in [1.165, 1.54) is 39.0 Å². The fourth-order valence-electron chi connectivity index (χ4n) is 3.30. The van der Waals surface area contributed by atoms with Crippen molar-refractivity contribution in [1.82, 2.24) is 15.1 Å². The van der Waals surface area contributed by atoms with E-state index in [0.29, 0.717) is 12.0 Å². The molecule has 18 heavy (non-hydrogen) atoms. The minimum Gasteiger partial charge on any atom is -0.379 e. The number of ether oxygens (including phenoxy) is 1. The Bertz CT molecular complexity index is 239. The molecule has 2 fully saturated rings. The predicted molar refractivity (Wildman–Crippen MR) is 74.9 cm³/mol. The van der Waals surface area contributed by atoms with Crippen LogP contribution >= 0.6 is 0 Å². The SMILES string of the molecule is CNC1COCC1CN1CCC(CN(C)C)CC1. The van der Waals surface area contributed by atoms with E-state index >= 15 is 0 Å². The van der Waals surface area contributed by atoms with Crippen LogP contribution in [0.25, 0.3) is 0 Å². The molecule has 0 aromatic carbocycles. The van der Waals surface area contributed by atoms with E-state index in [9.17, 15) is 0 Å². The van der Waals surface area contributed by atoms with Crippen LogP contribution in [0.4, 0.5) is 0 Å². The number of hydrogen-bond acceptors (Lipinski definition) is 4. The molecule has 0 saturated carbocycles. The standard InChI is InChI=1S/C14H29N3O/c1-15-14-11-18-10-13(14)9-17-6-4-12(5-7-17)8-16(2)3/h12-15H,4-11H2,1-3H3. The van der Waals surface area contributed by atoms with Gasteiger partial charge in [-0.15, -0.1) is 0 Å². The lowest BCUT2D eigenvalue weighted by atomic mass is 9.94. The first-order valence-electron chi connectivity index (χ1n) is 7.31. The maximum atomic E-state index is 5.58. The second-order valence-corrected chi connectivity index (χ2v) is 6.20. The number of rotatable bonds is 5. The van der Waals surface area contributed by atoms with Gasteiger partial charge in [0, 0.05) is 25.0 Å². The number of nitrogens with one attached hydrogen (secondary N) is 1. The van der Waals surface area contributed by atoms with Gasteiger partial charge in [-0.1, -0.05) is 0 Å². The molecule has 0 radical (unpaired) electrons. The van der Waals surface area contributed by atoms with E-state index in [0.717, 1.165) is 19.1 Å². The Morgan fingerprint density at radius 2 is 1.94 bits per heavy atom. The molecule has 2 aliphatic rings. The van der Waals surface area contributed by atoms with Crippen LogP contribution in [0.15, 0.2) is 0 Å². The highest BCUT2D eigenvalue weighted by molar-refractivity contribution is 4.84. The van der Waals surface area contributed by atoms with Crippen LogP contribution in [0.2, 0.25) is 0 Å². The van der Waals surface area contributed by atoms with Crippen LogP contribution in [-0.4, -0.2) is 76.4 Å². The van der Waals surface area contributed by atoms with Crippen LogP contribution in [0.1, 0.15) is 12.8 Å². The summed E-state index contributed by atoms with van der Waals surface area (Å²) in [5.41, 5.74) is 0. The van der Waals surface area contributed by atoms with Crippen molar-refractivity contribution in [1.29, 1.82) is 0 Å². The predicted octanol–water partition coefficient (Wildman–Crippen LogP) is 0.494. The minimum absolute atomic E-state index is 0.560. The Kier molecular flexibility index (Phi) is 5.42. The maximum absolute atomic E-state index is 5.58. The summed E-state index contributed by atoms with van der Waals surface area (Å²) in [5.74, 6) is 1.58.